The average Bonchev–Trinajstić information content (AvgIpc) is 2.24. The van der Waals surface area contributed by atoms with Crippen LogP contribution in [0.5, 0.6) is 0 Å². The molecule has 7 heteroatoms. The van der Waals surface area contributed by atoms with Crippen molar-refractivity contribution in [2.24, 2.45) is 0 Å². The Morgan fingerprint density at radius 1 is 1.59 bits per heavy atom. The first-order valence-corrected chi connectivity index (χ1v) is 5.64. The molecule has 0 saturated heterocycles. The van der Waals surface area contributed by atoms with E-state index in [-0.39, 0.29) is 18.9 Å². The van der Waals surface area contributed by atoms with Crippen molar-refractivity contribution in [1.82, 2.24) is 4.98 Å². The molecule has 1 N–H and O–H groups in total. The minimum absolute atomic E-state index is 0.0148. The molecule has 0 aliphatic rings. The molecule has 1 amide bonds. The van der Waals surface area contributed by atoms with Crippen LogP contribution in [-0.2, 0) is 9.53 Å². The van der Waals surface area contributed by atoms with Crippen molar-refractivity contribution >= 4 is 27.7 Å². The number of pyridine rings is 1. The van der Waals surface area contributed by atoms with Crippen LogP contribution in [0.2, 0.25) is 0 Å². The highest BCUT2D eigenvalue weighted by Crippen LogP contribution is 2.12. The van der Waals surface area contributed by atoms with Gasteiger partial charge in [0.2, 0.25) is 5.91 Å². The van der Waals surface area contributed by atoms with E-state index < -0.39 is 13.0 Å². The standard InChI is InChI=1S/C10H11BrF2N2O2/c11-7-1-3-14-9(5-7)15-10(16)2-4-17-6-8(12)13/h1,3,5,8H,2,4,6H2,(H,14,15,16). The normalized spacial score (nSPS) is 10.6. The molecular formula is C10H11BrF2N2O2. The average molecular weight is 309 g/mol. The molecule has 1 rings (SSSR count). The number of carbonyl (C=O) groups excluding carboxylic acids is 1. The molecule has 0 radical (unpaired) electrons. The van der Waals surface area contributed by atoms with E-state index in [1.165, 1.54) is 6.20 Å². The Kier molecular flexibility index (Phi) is 5.99. The summed E-state index contributed by atoms with van der Waals surface area (Å²) in [6, 6.07) is 3.36. The minimum atomic E-state index is -2.51. The van der Waals surface area contributed by atoms with Crippen LogP contribution in [0.15, 0.2) is 22.8 Å². The molecule has 17 heavy (non-hydrogen) atoms. The maximum absolute atomic E-state index is 11.7. The fourth-order valence-electron chi connectivity index (χ4n) is 1.02. The number of nitrogens with one attached hydrogen (secondary N) is 1. The molecule has 0 atom stereocenters. The van der Waals surface area contributed by atoms with E-state index in [0.717, 1.165) is 4.47 Å². The third-order valence-electron chi connectivity index (χ3n) is 1.71. The van der Waals surface area contributed by atoms with E-state index in [2.05, 4.69) is 31.0 Å². The van der Waals surface area contributed by atoms with Gasteiger partial charge in [-0.05, 0) is 12.1 Å². The van der Waals surface area contributed by atoms with Gasteiger partial charge in [-0.25, -0.2) is 13.8 Å². The summed E-state index contributed by atoms with van der Waals surface area (Å²) in [6.07, 6.45) is -0.960. The van der Waals surface area contributed by atoms with Gasteiger partial charge < -0.3 is 10.1 Å². The number of carbonyl (C=O) groups is 1. The summed E-state index contributed by atoms with van der Waals surface area (Å²) in [4.78, 5) is 15.2. The number of anilines is 1. The highest BCUT2D eigenvalue weighted by molar-refractivity contribution is 9.10. The Labute approximate surface area is 105 Å². The molecule has 94 valence electrons. The zero-order chi connectivity index (χ0) is 12.7. The fourth-order valence-corrected chi connectivity index (χ4v) is 1.35. The molecule has 0 aliphatic carbocycles. The maximum Gasteiger partial charge on any atom is 0.261 e. The number of ether oxygens (including phenoxy) is 1. The van der Waals surface area contributed by atoms with Gasteiger partial charge in [-0.3, -0.25) is 4.79 Å². The zero-order valence-corrected chi connectivity index (χ0v) is 10.4. The van der Waals surface area contributed by atoms with Crippen LogP contribution in [0.3, 0.4) is 0 Å². The van der Waals surface area contributed by atoms with Crippen LogP contribution in [0.4, 0.5) is 14.6 Å². The zero-order valence-electron chi connectivity index (χ0n) is 8.83. The van der Waals surface area contributed by atoms with Gasteiger partial charge in [0.05, 0.1) is 13.0 Å². The van der Waals surface area contributed by atoms with Crippen LogP contribution in [0, 0.1) is 0 Å². The number of alkyl halides is 2. The molecule has 0 aliphatic heterocycles. The van der Waals surface area contributed by atoms with Gasteiger partial charge in [0, 0.05) is 10.7 Å². The largest absolute Gasteiger partial charge is 0.375 e. The Bertz CT molecular complexity index is 377. The Balaban J connectivity index is 2.25. The van der Waals surface area contributed by atoms with Crippen molar-refractivity contribution in [3.63, 3.8) is 0 Å². The van der Waals surface area contributed by atoms with E-state index >= 15 is 0 Å². The topological polar surface area (TPSA) is 51.2 Å². The molecule has 0 saturated carbocycles. The summed E-state index contributed by atoms with van der Waals surface area (Å²) in [5, 5.41) is 2.52. The van der Waals surface area contributed by atoms with Crippen molar-refractivity contribution in [3.05, 3.63) is 22.8 Å². The minimum Gasteiger partial charge on any atom is -0.375 e. The summed E-state index contributed by atoms with van der Waals surface area (Å²) >= 11 is 3.23. The summed E-state index contributed by atoms with van der Waals surface area (Å²) < 4.78 is 28.8. The molecule has 0 bridgehead atoms. The first kappa shape index (κ1) is 14.0. The van der Waals surface area contributed by atoms with Crippen molar-refractivity contribution < 1.29 is 18.3 Å². The van der Waals surface area contributed by atoms with Gasteiger partial charge in [0.25, 0.3) is 6.43 Å². The van der Waals surface area contributed by atoms with Crippen LogP contribution >= 0.6 is 15.9 Å². The van der Waals surface area contributed by atoms with Gasteiger partial charge in [0.15, 0.2) is 0 Å². The van der Waals surface area contributed by atoms with E-state index in [1.54, 1.807) is 12.1 Å². The second-order valence-corrected chi connectivity index (χ2v) is 4.04. The van der Waals surface area contributed by atoms with E-state index in [9.17, 15) is 13.6 Å². The maximum atomic E-state index is 11.7. The first-order chi connectivity index (χ1) is 8.08. The lowest BCUT2D eigenvalue weighted by Crippen LogP contribution is -2.16. The SMILES string of the molecule is O=C(CCOCC(F)F)Nc1cc(Br)ccn1. The summed E-state index contributed by atoms with van der Waals surface area (Å²) in [6.45, 7) is -0.688. The molecule has 1 heterocycles. The molecule has 0 fully saturated rings. The van der Waals surface area contributed by atoms with Crippen molar-refractivity contribution in [2.45, 2.75) is 12.8 Å². The van der Waals surface area contributed by atoms with Gasteiger partial charge in [0.1, 0.15) is 12.4 Å². The molecule has 0 aromatic carbocycles. The Hall–Kier alpha value is -1.08. The number of hydrogen-bond donors (Lipinski definition) is 1. The lowest BCUT2D eigenvalue weighted by molar-refractivity contribution is -0.117. The predicted molar refractivity (Wildman–Crippen MR) is 62.0 cm³/mol. The number of amides is 1. The summed E-state index contributed by atoms with van der Waals surface area (Å²) in [5.41, 5.74) is 0. The monoisotopic (exact) mass is 308 g/mol. The lowest BCUT2D eigenvalue weighted by Gasteiger charge is -2.05. The molecule has 0 unspecified atom stereocenters. The number of aromatic nitrogens is 1. The molecular weight excluding hydrogens is 298 g/mol. The highest BCUT2D eigenvalue weighted by Gasteiger charge is 2.05. The van der Waals surface area contributed by atoms with E-state index in [0.29, 0.717) is 5.82 Å². The molecule has 0 spiro atoms. The van der Waals surface area contributed by atoms with Crippen LogP contribution in [-0.4, -0.2) is 30.5 Å². The van der Waals surface area contributed by atoms with Crippen molar-refractivity contribution in [1.29, 1.82) is 0 Å². The third kappa shape index (κ3) is 6.28. The Morgan fingerprint density at radius 2 is 2.35 bits per heavy atom. The number of rotatable bonds is 6. The first-order valence-electron chi connectivity index (χ1n) is 4.85. The van der Waals surface area contributed by atoms with Gasteiger partial charge in [-0.1, -0.05) is 15.9 Å². The summed E-state index contributed by atoms with van der Waals surface area (Å²) in [7, 11) is 0. The smallest absolute Gasteiger partial charge is 0.261 e. The number of halogens is 3. The predicted octanol–water partition coefficient (Wildman–Crippen LogP) is 2.45. The lowest BCUT2D eigenvalue weighted by atomic mass is 10.4. The second kappa shape index (κ2) is 7.29. The van der Waals surface area contributed by atoms with Gasteiger partial charge >= 0.3 is 0 Å². The number of nitrogens with zero attached hydrogens (tertiary/aromatic N) is 1. The van der Waals surface area contributed by atoms with Crippen LogP contribution in [0.1, 0.15) is 6.42 Å². The quantitative estimate of drug-likeness (QED) is 0.821. The number of hydrogen-bond acceptors (Lipinski definition) is 3. The third-order valence-corrected chi connectivity index (χ3v) is 2.20. The van der Waals surface area contributed by atoms with Gasteiger partial charge in [-0.2, -0.15) is 0 Å². The van der Waals surface area contributed by atoms with Crippen LogP contribution < -0.4 is 5.32 Å². The molecule has 1 aromatic heterocycles. The summed E-state index contributed by atoms with van der Waals surface area (Å²) in [5.74, 6) is 0.0723. The molecule has 1 aromatic rings. The van der Waals surface area contributed by atoms with Crippen molar-refractivity contribution in [3.8, 4) is 0 Å². The van der Waals surface area contributed by atoms with E-state index in [4.69, 9.17) is 0 Å². The van der Waals surface area contributed by atoms with Crippen LogP contribution in [0.25, 0.3) is 0 Å². The van der Waals surface area contributed by atoms with Crippen molar-refractivity contribution in [2.75, 3.05) is 18.5 Å². The highest BCUT2D eigenvalue weighted by atomic mass is 79.9. The molecule has 4 nitrogen and oxygen atoms in total. The van der Waals surface area contributed by atoms with E-state index in [1.807, 2.05) is 0 Å². The fraction of sp³-hybridized carbons (Fsp3) is 0.400. The second-order valence-electron chi connectivity index (χ2n) is 3.12. The Morgan fingerprint density at radius 3 is 3.00 bits per heavy atom. The van der Waals surface area contributed by atoms with Gasteiger partial charge in [-0.15, -0.1) is 0 Å².